The Hall–Kier alpha value is -2.92. The van der Waals surface area contributed by atoms with Crippen molar-refractivity contribution < 1.29 is 4.79 Å². The van der Waals surface area contributed by atoms with Crippen molar-refractivity contribution in [3.63, 3.8) is 0 Å². The van der Waals surface area contributed by atoms with Gasteiger partial charge in [-0.05, 0) is 24.0 Å². The van der Waals surface area contributed by atoms with E-state index in [2.05, 4.69) is 58.5 Å². The van der Waals surface area contributed by atoms with E-state index in [1.165, 1.54) is 11.1 Å². The smallest absolute Gasteiger partial charge is 0.239 e. The monoisotopic (exact) mass is 374 g/mol. The Labute approximate surface area is 165 Å². The first-order valence-corrected chi connectivity index (χ1v) is 9.82. The van der Waals surface area contributed by atoms with Crippen LogP contribution in [-0.4, -0.2) is 39.9 Å². The molecule has 2 aromatic carbocycles. The molecule has 1 saturated heterocycles. The molecule has 1 fully saturated rings. The van der Waals surface area contributed by atoms with Gasteiger partial charge in [-0.3, -0.25) is 4.79 Å². The SMILES string of the molecule is N[C@@H](Cc1cnc[nH]1)C(=O)N1CCCC(c2ccccc2)(c2ccccc2)C1. The van der Waals surface area contributed by atoms with Gasteiger partial charge >= 0.3 is 0 Å². The van der Waals surface area contributed by atoms with Crippen molar-refractivity contribution in [3.05, 3.63) is 90.0 Å². The first-order valence-electron chi connectivity index (χ1n) is 9.82. The van der Waals surface area contributed by atoms with Crippen LogP contribution >= 0.6 is 0 Å². The molecule has 1 aliphatic rings. The summed E-state index contributed by atoms with van der Waals surface area (Å²) >= 11 is 0. The molecular weight excluding hydrogens is 348 g/mol. The van der Waals surface area contributed by atoms with Crippen LogP contribution in [0, 0.1) is 0 Å². The van der Waals surface area contributed by atoms with E-state index in [-0.39, 0.29) is 11.3 Å². The number of carbonyl (C=O) groups excluding carboxylic acids is 1. The molecule has 0 bridgehead atoms. The summed E-state index contributed by atoms with van der Waals surface area (Å²) in [4.78, 5) is 22.1. The molecule has 0 spiro atoms. The molecule has 3 aromatic rings. The van der Waals surface area contributed by atoms with E-state index >= 15 is 0 Å². The van der Waals surface area contributed by atoms with Gasteiger partial charge in [-0.2, -0.15) is 0 Å². The molecule has 1 atom stereocenters. The van der Waals surface area contributed by atoms with E-state index in [4.69, 9.17) is 5.73 Å². The molecule has 2 heterocycles. The molecule has 4 rings (SSSR count). The Morgan fingerprint density at radius 2 is 1.75 bits per heavy atom. The molecule has 1 amide bonds. The number of benzene rings is 2. The lowest BCUT2D eigenvalue weighted by Crippen LogP contribution is -2.54. The molecule has 1 aromatic heterocycles. The standard InChI is InChI=1S/C23H26N4O/c24-21(14-20-15-25-17-26-20)22(28)27-13-7-12-23(16-27,18-8-3-1-4-9-18)19-10-5-2-6-11-19/h1-6,8-11,15,17,21H,7,12-14,16,24H2,(H,25,26)/t21-/m0/s1. The number of nitrogens with zero attached hydrogens (tertiary/aromatic N) is 2. The predicted molar refractivity (Wildman–Crippen MR) is 110 cm³/mol. The highest BCUT2D eigenvalue weighted by atomic mass is 16.2. The first kappa shape index (κ1) is 18.4. The van der Waals surface area contributed by atoms with Crippen molar-refractivity contribution in [2.24, 2.45) is 5.73 Å². The number of likely N-dealkylation sites (tertiary alicyclic amines) is 1. The van der Waals surface area contributed by atoms with E-state index in [1.807, 2.05) is 17.0 Å². The second-order valence-electron chi connectivity index (χ2n) is 7.56. The number of nitrogens with two attached hydrogens (primary N) is 1. The summed E-state index contributed by atoms with van der Waals surface area (Å²) in [7, 11) is 0. The summed E-state index contributed by atoms with van der Waals surface area (Å²) in [6, 6.07) is 20.5. The quantitative estimate of drug-likeness (QED) is 0.721. The highest BCUT2D eigenvalue weighted by Crippen LogP contribution is 2.40. The Morgan fingerprint density at radius 3 is 2.32 bits per heavy atom. The molecule has 3 N–H and O–H groups in total. The zero-order valence-corrected chi connectivity index (χ0v) is 15.9. The van der Waals surface area contributed by atoms with Crippen LogP contribution in [0.1, 0.15) is 29.7 Å². The number of imidazole rings is 1. The van der Waals surface area contributed by atoms with Gasteiger partial charge in [-0.1, -0.05) is 60.7 Å². The van der Waals surface area contributed by atoms with Crippen molar-refractivity contribution in [2.45, 2.75) is 30.7 Å². The van der Waals surface area contributed by atoms with Crippen molar-refractivity contribution in [2.75, 3.05) is 13.1 Å². The van der Waals surface area contributed by atoms with Gasteiger partial charge < -0.3 is 15.6 Å². The summed E-state index contributed by atoms with van der Waals surface area (Å²) in [6.07, 6.45) is 5.77. The summed E-state index contributed by atoms with van der Waals surface area (Å²) in [5, 5.41) is 0. The molecule has 0 unspecified atom stereocenters. The second-order valence-corrected chi connectivity index (χ2v) is 7.56. The number of piperidine rings is 1. The minimum atomic E-state index is -0.567. The highest BCUT2D eigenvalue weighted by Gasteiger charge is 2.40. The zero-order chi connectivity index (χ0) is 19.4. The first-order chi connectivity index (χ1) is 13.7. The molecule has 0 aliphatic carbocycles. The lowest BCUT2D eigenvalue weighted by Gasteiger charge is -2.44. The van der Waals surface area contributed by atoms with E-state index < -0.39 is 6.04 Å². The lowest BCUT2D eigenvalue weighted by molar-refractivity contribution is -0.134. The van der Waals surface area contributed by atoms with Gasteiger partial charge in [0.2, 0.25) is 5.91 Å². The zero-order valence-electron chi connectivity index (χ0n) is 15.9. The molecular formula is C23H26N4O. The number of aromatic amines is 1. The average molecular weight is 374 g/mol. The minimum Gasteiger partial charge on any atom is -0.348 e. The fourth-order valence-electron chi connectivity index (χ4n) is 4.35. The number of carbonyl (C=O) groups is 1. The van der Waals surface area contributed by atoms with Gasteiger partial charge in [-0.25, -0.2) is 4.98 Å². The number of rotatable bonds is 5. The van der Waals surface area contributed by atoms with Crippen LogP contribution in [0.4, 0.5) is 0 Å². The van der Waals surface area contributed by atoms with E-state index in [9.17, 15) is 4.79 Å². The second kappa shape index (κ2) is 7.98. The summed E-state index contributed by atoms with van der Waals surface area (Å²) < 4.78 is 0. The predicted octanol–water partition coefficient (Wildman–Crippen LogP) is 2.89. The van der Waals surface area contributed by atoms with Gasteiger partial charge in [0.05, 0.1) is 12.4 Å². The van der Waals surface area contributed by atoms with E-state index in [1.54, 1.807) is 12.5 Å². The van der Waals surface area contributed by atoms with Crippen molar-refractivity contribution in [3.8, 4) is 0 Å². The third-order valence-corrected chi connectivity index (χ3v) is 5.77. The lowest BCUT2D eigenvalue weighted by atomic mass is 9.69. The molecule has 5 nitrogen and oxygen atoms in total. The fraction of sp³-hybridized carbons (Fsp3) is 0.304. The van der Waals surface area contributed by atoms with Gasteiger partial charge in [0.15, 0.2) is 0 Å². The maximum absolute atomic E-state index is 13.1. The summed E-state index contributed by atoms with van der Waals surface area (Å²) in [6.45, 7) is 1.40. The Morgan fingerprint density at radius 1 is 1.11 bits per heavy atom. The van der Waals surface area contributed by atoms with Crippen LogP contribution in [0.15, 0.2) is 73.2 Å². The highest BCUT2D eigenvalue weighted by molar-refractivity contribution is 5.82. The van der Waals surface area contributed by atoms with Crippen molar-refractivity contribution >= 4 is 5.91 Å². The Balaban J connectivity index is 1.62. The average Bonchev–Trinajstić information content (AvgIpc) is 3.27. The molecule has 28 heavy (non-hydrogen) atoms. The van der Waals surface area contributed by atoms with Crippen molar-refractivity contribution in [1.29, 1.82) is 0 Å². The maximum atomic E-state index is 13.1. The summed E-state index contributed by atoms with van der Waals surface area (Å²) in [5.74, 6) is 0.00513. The number of aromatic nitrogens is 2. The van der Waals surface area contributed by atoms with Crippen LogP contribution in [-0.2, 0) is 16.6 Å². The van der Waals surface area contributed by atoms with Crippen LogP contribution in [0.2, 0.25) is 0 Å². The molecule has 144 valence electrons. The van der Waals surface area contributed by atoms with E-state index in [0.717, 1.165) is 25.1 Å². The number of H-pyrrole nitrogens is 1. The van der Waals surface area contributed by atoms with Crippen molar-refractivity contribution in [1.82, 2.24) is 14.9 Å². The largest absolute Gasteiger partial charge is 0.348 e. The molecule has 5 heteroatoms. The van der Waals surface area contributed by atoms with Crippen LogP contribution in [0.25, 0.3) is 0 Å². The summed E-state index contributed by atoms with van der Waals surface area (Å²) in [5.41, 5.74) is 9.45. The van der Waals surface area contributed by atoms with Crippen LogP contribution < -0.4 is 5.73 Å². The number of hydrogen-bond acceptors (Lipinski definition) is 3. The number of hydrogen-bond donors (Lipinski definition) is 2. The maximum Gasteiger partial charge on any atom is 0.239 e. The fourth-order valence-corrected chi connectivity index (χ4v) is 4.35. The van der Waals surface area contributed by atoms with Crippen LogP contribution in [0.3, 0.4) is 0 Å². The van der Waals surface area contributed by atoms with E-state index in [0.29, 0.717) is 13.0 Å². The van der Waals surface area contributed by atoms with Gasteiger partial charge in [0.1, 0.15) is 0 Å². The topological polar surface area (TPSA) is 75.0 Å². The molecule has 0 saturated carbocycles. The third-order valence-electron chi connectivity index (χ3n) is 5.77. The Bertz CT molecular complexity index is 853. The normalized spacial score (nSPS) is 17.2. The number of nitrogens with one attached hydrogen (secondary N) is 1. The van der Waals surface area contributed by atoms with Gasteiger partial charge in [0.25, 0.3) is 0 Å². The van der Waals surface area contributed by atoms with Gasteiger partial charge in [-0.15, -0.1) is 0 Å². The molecule has 0 radical (unpaired) electrons. The Kier molecular flexibility index (Phi) is 5.26. The number of amides is 1. The minimum absolute atomic E-state index is 0.00513. The van der Waals surface area contributed by atoms with Gasteiger partial charge in [0, 0.05) is 36.8 Å². The van der Waals surface area contributed by atoms with Crippen LogP contribution in [0.5, 0.6) is 0 Å². The third kappa shape index (κ3) is 3.58. The molecule has 1 aliphatic heterocycles.